The van der Waals surface area contributed by atoms with Gasteiger partial charge in [-0.05, 0) is 36.2 Å². The standard InChI is InChI=1S/C16H17N3O/c1-11-5-3-4-6-12(11)10-19(2)16-18-14-9-13(17)7-8-15(14)20-16/h3-9H,10,17H2,1-2H3. The second kappa shape index (κ2) is 4.89. The first kappa shape index (κ1) is 12.5. The van der Waals surface area contributed by atoms with E-state index in [9.17, 15) is 0 Å². The van der Waals surface area contributed by atoms with Gasteiger partial charge in [0, 0.05) is 19.3 Å². The van der Waals surface area contributed by atoms with Crippen molar-refractivity contribution >= 4 is 22.8 Å². The first-order valence-corrected chi connectivity index (χ1v) is 6.55. The Morgan fingerprint density at radius 1 is 1.20 bits per heavy atom. The molecule has 20 heavy (non-hydrogen) atoms. The summed E-state index contributed by atoms with van der Waals surface area (Å²) in [5.74, 6) is 0. The summed E-state index contributed by atoms with van der Waals surface area (Å²) in [6.45, 7) is 2.87. The molecule has 0 radical (unpaired) electrons. The van der Waals surface area contributed by atoms with Gasteiger partial charge in [-0.2, -0.15) is 4.98 Å². The quantitative estimate of drug-likeness (QED) is 0.739. The summed E-state index contributed by atoms with van der Waals surface area (Å²) in [7, 11) is 1.97. The molecule has 1 aromatic heterocycles. The number of nitrogens with two attached hydrogens (primary N) is 1. The van der Waals surface area contributed by atoms with Gasteiger partial charge in [-0.15, -0.1) is 0 Å². The predicted octanol–water partition coefficient (Wildman–Crippen LogP) is 3.35. The van der Waals surface area contributed by atoms with Crippen LogP contribution in [-0.4, -0.2) is 12.0 Å². The smallest absolute Gasteiger partial charge is 0.298 e. The van der Waals surface area contributed by atoms with Gasteiger partial charge < -0.3 is 15.1 Å². The first-order chi connectivity index (χ1) is 9.63. The van der Waals surface area contributed by atoms with Gasteiger partial charge in [0.15, 0.2) is 5.58 Å². The molecule has 0 saturated heterocycles. The lowest BCUT2D eigenvalue weighted by molar-refractivity contribution is 0.582. The molecule has 4 nitrogen and oxygen atoms in total. The fourth-order valence-electron chi connectivity index (χ4n) is 2.21. The van der Waals surface area contributed by atoms with Crippen molar-refractivity contribution in [2.45, 2.75) is 13.5 Å². The maximum absolute atomic E-state index is 5.76. The van der Waals surface area contributed by atoms with Gasteiger partial charge >= 0.3 is 0 Å². The highest BCUT2D eigenvalue weighted by molar-refractivity contribution is 5.78. The van der Waals surface area contributed by atoms with Crippen molar-refractivity contribution in [2.24, 2.45) is 0 Å². The molecule has 3 rings (SSSR count). The zero-order valence-electron chi connectivity index (χ0n) is 11.6. The average Bonchev–Trinajstić information content (AvgIpc) is 2.84. The normalized spacial score (nSPS) is 10.9. The molecular formula is C16H17N3O. The fraction of sp³-hybridized carbons (Fsp3) is 0.188. The van der Waals surface area contributed by atoms with E-state index < -0.39 is 0 Å². The molecule has 0 aliphatic heterocycles. The molecule has 4 heteroatoms. The van der Waals surface area contributed by atoms with Gasteiger partial charge in [0.2, 0.25) is 0 Å². The number of rotatable bonds is 3. The Morgan fingerprint density at radius 3 is 2.80 bits per heavy atom. The minimum atomic E-state index is 0.605. The molecule has 2 N–H and O–H groups in total. The Morgan fingerprint density at radius 2 is 2.00 bits per heavy atom. The van der Waals surface area contributed by atoms with E-state index in [-0.39, 0.29) is 0 Å². The number of nitrogens with zero attached hydrogens (tertiary/aromatic N) is 2. The molecule has 0 aliphatic carbocycles. The summed E-state index contributed by atoms with van der Waals surface area (Å²) in [6.07, 6.45) is 0. The van der Waals surface area contributed by atoms with Crippen molar-refractivity contribution in [2.75, 3.05) is 17.7 Å². The van der Waals surface area contributed by atoms with Gasteiger partial charge in [0.05, 0.1) is 0 Å². The summed E-state index contributed by atoms with van der Waals surface area (Å²) in [5, 5.41) is 0. The second-order valence-corrected chi connectivity index (χ2v) is 5.01. The van der Waals surface area contributed by atoms with E-state index in [1.165, 1.54) is 11.1 Å². The van der Waals surface area contributed by atoms with E-state index in [2.05, 4.69) is 24.0 Å². The van der Waals surface area contributed by atoms with Crippen molar-refractivity contribution in [1.29, 1.82) is 0 Å². The zero-order chi connectivity index (χ0) is 14.1. The Hall–Kier alpha value is -2.49. The Bertz CT molecular complexity index is 748. The Kier molecular flexibility index (Phi) is 3.06. The highest BCUT2D eigenvalue weighted by Crippen LogP contribution is 2.24. The van der Waals surface area contributed by atoms with E-state index >= 15 is 0 Å². The van der Waals surface area contributed by atoms with Crippen LogP contribution in [0.25, 0.3) is 11.1 Å². The average molecular weight is 267 g/mol. The van der Waals surface area contributed by atoms with E-state index in [1.54, 1.807) is 0 Å². The van der Waals surface area contributed by atoms with Crippen LogP contribution in [0.5, 0.6) is 0 Å². The number of fused-ring (bicyclic) bond motifs is 1. The highest BCUT2D eigenvalue weighted by Gasteiger charge is 2.11. The number of aromatic nitrogens is 1. The molecule has 0 saturated carbocycles. The van der Waals surface area contributed by atoms with Crippen molar-refractivity contribution in [1.82, 2.24) is 4.98 Å². The van der Waals surface area contributed by atoms with E-state index in [0.717, 1.165) is 17.6 Å². The Balaban J connectivity index is 1.89. The number of anilines is 2. The van der Waals surface area contributed by atoms with Crippen LogP contribution in [-0.2, 0) is 6.54 Å². The molecular weight excluding hydrogens is 250 g/mol. The number of benzene rings is 2. The van der Waals surface area contributed by atoms with Gasteiger partial charge in [0.25, 0.3) is 6.01 Å². The summed E-state index contributed by atoms with van der Waals surface area (Å²) in [4.78, 5) is 6.48. The van der Waals surface area contributed by atoms with Crippen molar-refractivity contribution in [3.63, 3.8) is 0 Å². The molecule has 1 heterocycles. The number of aryl methyl sites for hydroxylation is 1. The van der Waals surface area contributed by atoms with Crippen molar-refractivity contribution in [3.05, 3.63) is 53.6 Å². The third-order valence-corrected chi connectivity index (χ3v) is 3.40. The Labute approximate surface area is 117 Å². The minimum Gasteiger partial charge on any atom is -0.423 e. The topological polar surface area (TPSA) is 55.3 Å². The number of hydrogen-bond donors (Lipinski definition) is 1. The molecule has 2 aromatic carbocycles. The summed E-state index contributed by atoms with van der Waals surface area (Å²) in [6, 6.07) is 14.4. The van der Waals surface area contributed by atoms with Crippen molar-refractivity contribution < 1.29 is 4.42 Å². The maximum atomic E-state index is 5.76. The lowest BCUT2D eigenvalue weighted by atomic mass is 10.1. The molecule has 0 amide bonds. The monoisotopic (exact) mass is 267 g/mol. The third kappa shape index (κ3) is 2.32. The van der Waals surface area contributed by atoms with Crippen LogP contribution in [0.2, 0.25) is 0 Å². The van der Waals surface area contributed by atoms with Crippen LogP contribution in [0, 0.1) is 6.92 Å². The molecule has 0 spiro atoms. The first-order valence-electron chi connectivity index (χ1n) is 6.55. The van der Waals surface area contributed by atoms with Gasteiger partial charge in [-0.1, -0.05) is 24.3 Å². The summed E-state index contributed by atoms with van der Waals surface area (Å²) in [5.41, 5.74) is 10.5. The molecule has 3 aromatic rings. The number of hydrogen-bond acceptors (Lipinski definition) is 4. The van der Waals surface area contributed by atoms with Gasteiger partial charge in [0.1, 0.15) is 5.52 Å². The van der Waals surface area contributed by atoms with E-state index in [0.29, 0.717) is 11.7 Å². The summed E-state index contributed by atoms with van der Waals surface area (Å²) < 4.78 is 5.76. The minimum absolute atomic E-state index is 0.605. The largest absolute Gasteiger partial charge is 0.423 e. The fourth-order valence-corrected chi connectivity index (χ4v) is 2.21. The van der Waals surface area contributed by atoms with Crippen LogP contribution in [0.4, 0.5) is 11.7 Å². The maximum Gasteiger partial charge on any atom is 0.298 e. The van der Waals surface area contributed by atoms with Gasteiger partial charge in [-0.25, -0.2) is 0 Å². The van der Waals surface area contributed by atoms with Crippen LogP contribution in [0.1, 0.15) is 11.1 Å². The molecule has 0 bridgehead atoms. The molecule has 0 aliphatic rings. The molecule has 0 atom stereocenters. The highest BCUT2D eigenvalue weighted by atomic mass is 16.4. The number of oxazole rings is 1. The predicted molar refractivity (Wildman–Crippen MR) is 81.7 cm³/mol. The molecule has 0 fully saturated rings. The second-order valence-electron chi connectivity index (χ2n) is 5.01. The van der Waals surface area contributed by atoms with Crippen LogP contribution >= 0.6 is 0 Å². The summed E-state index contributed by atoms with van der Waals surface area (Å²) >= 11 is 0. The van der Waals surface area contributed by atoms with Crippen LogP contribution < -0.4 is 10.6 Å². The van der Waals surface area contributed by atoms with E-state index in [4.69, 9.17) is 10.2 Å². The van der Waals surface area contributed by atoms with Crippen LogP contribution in [0.15, 0.2) is 46.9 Å². The molecule has 0 unspecified atom stereocenters. The molecule has 102 valence electrons. The third-order valence-electron chi connectivity index (χ3n) is 3.40. The number of nitrogen functional groups attached to an aromatic ring is 1. The lowest BCUT2D eigenvalue weighted by Gasteiger charge is -2.15. The SMILES string of the molecule is Cc1ccccc1CN(C)c1nc2cc(N)ccc2o1. The zero-order valence-corrected chi connectivity index (χ0v) is 11.6. The van der Waals surface area contributed by atoms with Gasteiger partial charge in [-0.3, -0.25) is 0 Å². The van der Waals surface area contributed by atoms with E-state index in [1.807, 2.05) is 42.3 Å². The van der Waals surface area contributed by atoms with Crippen molar-refractivity contribution in [3.8, 4) is 0 Å². The lowest BCUT2D eigenvalue weighted by Crippen LogP contribution is -2.17. The van der Waals surface area contributed by atoms with Crippen LogP contribution in [0.3, 0.4) is 0 Å².